The molecule has 68 valence electrons. The summed E-state index contributed by atoms with van der Waals surface area (Å²) < 4.78 is 9.69. The lowest BCUT2D eigenvalue weighted by atomic mass is 10.2. The van der Waals surface area contributed by atoms with Crippen molar-refractivity contribution in [3.8, 4) is 17.2 Å². The van der Waals surface area contributed by atoms with E-state index in [4.69, 9.17) is 9.47 Å². The molecule has 1 aliphatic rings. The number of nitrogens with zero attached hydrogens (tertiary/aromatic N) is 1. The highest BCUT2D eigenvalue weighted by molar-refractivity contribution is 5.62. The predicted molar refractivity (Wildman–Crippen MR) is 40.9 cm³/mol. The normalized spacial score (nSPS) is 12.9. The molecule has 0 saturated carbocycles. The molecule has 0 atom stereocenters. The summed E-state index contributed by atoms with van der Waals surface area (Å²) >= 11 is 0. The van der Waals surface area contributed by atoms with Gasteiger partial charge >= 0.3 is 5.69 Å². The molecule has 0 bridgehead atoms. The van der Waals surface area contributed by atoms with E-state index in [1.54, 1.807) is 0 Å². The number of ether oxygens (including phenoxy) is 2. The fourth-order valence-corrected chi connectivity index (χ4v) is 1.11. The standard InChI is InChI=1S/C7H5NO5/c9-5-2-1-4(8(10)11)6-7(5)13-3-12-6/h1-2,9H,3H2. The Labute approximate surface area is 72.5 Å². The average molecular weight is 183 g/mol. The molecule has 1 heterocycles. The van der Waals surface area contributed by atoms with E-state index in [0.29, 0.717) is 0 Å². The van der Waals surface area contributed by atoms with Gasteiger partial charge in [0, 0.05) is 6.07 Å². The lowest BCUT2D eigenvalue weighted by Crippen LogP contribution is -1.94. The van der Waals surface area contributed by atoms with Crippen LogP contribution in [0.3, 0.4) is 0 Å². The van der Waals surface area contributed by atoms with Crippen LogP contribution >= 0.6 is 0 Å². The second-order valence-corrected chi connectivity index (χ2v) is 2.43. The molecule has 1 aromatic carbocycles. The van der Waals surface area contributed by atoms with Crippen LogP contribution in [0.25, 0.3) is 0 Å². The Kier molecular flexibility index (Phi) is 1.48. The average Bonchev–Trinajstić information content (AvgIpc) is 2.53. The molecule has 6 heteroatoms. The molecule has 0 radical (unpaired) electrons. The third-order valence-corrected chi connectivity index (χ3v) is 1.67. The Morgan fingerprint density at radius 3 is 2.77 bits per heavy atom. The molecule has 0 amide bonds. The van der Waals surface area contributed by atoms with E-state index < -0.39 is 4.92 Å². The van der Waals surface area contributed by atoms with Gasteiger partial charge in [0.1, 0.15) is 0 Å². The monoisotopic (exact) mass is 183 g/mol. The van der Waals surface area contributed by atoms with Crippen molar-refractivity contribution in [2.45, 2.75) is 0 Å². The van der Waals surface area contributed by atoms with Crippen molar-refractivity contribution in [2.75, 3.05) is 6.79 Å². The second-order valence-electron chi connectivity index (χ2n) is 2.43. The van der Waals surface area contributed by atoms with Crippen molar-refractivity contribution < 1.29 is 19.5 Å². The van der Waals surface area contributed by atoms with Crippen molar-refractivity contribution in [1.82, 2.24) is 0 Å². The number of rotatable bonds is 1. The van der Waals surface area contributed by atoms with Gasteiger partial charge in [-0.15, -0.1) is 0 Å². The van der Waals surface area contributed by atoms with Crippen molar-refractivity contribution in [2.24, 2.45) is 0 Å². The first-order chi connectivity index (χ1) is 6.20. The third kappa shape index (κ3) is 1.03. The number of nitro groups is 1. The van der Waals surface area contributed by atoms with E-state index >= 15 is 0 Å². The number of fused-ring (bicyclic) bond motifs is 1. The quantitative estimate of drug-likeness (QED) is 0.519. The van der Waals surface area contributed by atoms with Crippen LogP contribution in [0.2, 0.25) is 0 Å². The van der Waals surface area contributed by atoms with E-state index in [1.807, 2.05) is 0 Å². The van der Waals surface area contributed by atoms with Crippen LogP contribution in [0, 0.1) is 10.1 Å². The number of aromatic hydroxyl groups is 1. The zero-order valence-corrected chi connectivity index (χ0v) is 6.39. The zero-order valence-electron chi connectivity index (χ0n) is 6.39. The smallest absolute Gasteiger partial charge is 0.315 e. The predicted octanol–water partition coefficient (Wildman–Crippen LogP) is 1.03. The molecule has 0 aromatic heterocycles. The van der Waals surface area contributed by atoms with Crippen LogP contribution in [-0.4, -0.2) is 16.8 Å². The Bertz CT molecular complexity index is 375. The van der Waals surface area contributed by atoms with Crippen LogP contribution < -0.4 is 9.47 Å². The molecule has 6 nitrogen and oxygen atoms in total. The summed E-state index contributed by atoms with van der Waals surface area (Å²) in [6.07, 6.45) is 0. The summed E-state index contributed by atoms with van der Waals surface area (Å²) in [4.78, 5) is 9.87. The largest absolute Gasteiger partial charge is 0.504 e. The summed E-state index contributed by atoms with van der Waals surface area (Å²) in [5.74, 6) is -0.127. The number of hydrogen-bond acceptors (Lipinski definition) is 5. The van der Waals surface area contributed by atoms with E-state index in [1.165, 1.54) is 12.1 Å². The molecule has 0 aliphatic carbocycles. The van der Waals surface area contributed by atoms with Crippen molar-refractivity contribution >= 4 is 5.69 Å². The molecule has 13 heavy (non-hydrogen) atoms. The fourth-order valence-electron chi connectivity index (χ4n) is 1.11. The van der Waals surface area contributed by atoms with Gasteiger partial charge in [0.2, 0.25) is 18.3 Å². The van der Waals surface area contributed by atoms with Gasteiger partial charge in [-0.1, -0.05) is 0 Å². The highest BCUT2D eigenvalue weighted by Gasteiger charge is 2.28. The molecule has 2 rings (SSSR count). The van der Waals surface area contributed by atoms with Gasteiger partial charge in [-0.25, -0.2) is 0 Å². The van der Waals surface area contributed by atoms with Crippen LogP contribution in [0.1, 0.15) is 0 Å². The molecule has 1 aromatic rings. The van der Waals surface area contributed by atoms with Gasteiger partial charge in [-0.3, -0.25) is 10.1 Å². The maximum Gasteiger partial charge on any atom is 0.315 e. The minimum Gasteiger partial charge on any atom is -0.504 e. The molecule has 0 spiro atoms. The Balaban J connectivity index is 2.62. The maximum atomic E-state index is 10.5. The summed E-state index contributed by atoms with van der Waals surface area (Å²) in [7, 11) is 0. The van der Waals surface area contributed by atoms with Gasteiger partial charge in [0.25, 0.3) is 0 Å². The number of phenols is 1. The lowest BCUT2D eigenvalue weighted by Gasteiger charge is -1.98. The molecule has 1 N–H and O–H groups in total. The first kappa shape index (κ1) is 7.66. The Morgan fingerprint density at radius 1 is 1.38 bits per heavy atom. The lowest BCUT2D eigenvalue weighted by molar-refractivity contribution is -0.385. The molecule has 1 aliphatic heterocycles. The topological polar surface area (TPSA) is 81.8 Å². The highest BCUT2D eigenvalue weighted by atomic mass is 16.7. The molecular formula is C7H5NO5. The van der Waals surface area contributed by atoms with Crippen LogP contribution in [0.15, 0.2) is 12.1 Å². The summed E-state index contributed by atoms with van der Waals surface area (Å²) in [5.41, 5.74) is -0.203. The number of benzene rings is 1. The van der Waals surface area contributed by atoms with Gasteiger partial charge in [-0.05, 0) is 6.07 Å². The summed E-state index contributed by atoms with van der Waals surface area (Å²) in [6, 6.07) is 2.37. The number of phenolic OH excluding ortho intramolecular Hbond substituents is 1. The van der Waals surface area contributed by atoms with Gasteiger partial charge in [-0.2, -0.15) is 0 Å². The van der Waals surface area contributed by atoms with E-state index in [2.05, 4.69) is 0 Å². The maximum absolute atomic E-state index is 10.5. The van der Waals surface area contributed by atoms with Crippen molar-refractivity contribution in [3.05, 3.63) is 22.2 Å². The first-order valence-corrected chi connectivity index (χ1v) is 3.46. The van der Waals surface area contributed by atoms with Crippen LogP contribution in [0.5, 0.6) is 17.2 Å². The van der Waals surface area contributed by atoms with E-state index in [-0.39, 0.29) is 29.7 Å². The Morgan fingerprint density at radius 2 is 2.08 bits per heavy atom. The van der Waals surface area contributed by atoms with Gasteiger partial charge < -0.3 is 14.6 Å². The van der Waals surface area contributed by atoms with Crippen LogP contribution in [-0.2, 0) is 0 Å². The molecular weight excluding hydrogens is 178 g/mol. The number of hydrogen-bond donors (Lipinski definition) is 1. The minimum atomic E-state index is -0.590. The Hall–Kier alpha value is -1.98. The first-order valence-electron chi connectivity index (χ1n) is 3.46. The fraction of sp³-hybridized carbons (Fsp3) is 0.143. The molecule has 0 unspecified atom stereocenters. The second kappa shape index (κ2) is 2.51. The van der Waals surface area contributed by atoms with Crippen molar-refractivity contribution in [1.29, 1.82) is 0 Å². The SMILES string of the molecule is O=[N+]([O-])c1ccc(O)c2c1OCO2. The van der Waals surface area contributed by atoms with Gasteiger partial charge in [0.15, 0.2) is 5.75 Å². The molecule has 0 saturated heterocycles. The van der Waals surface area contributed by atoms with Gasteiger partial charge in [0.05, 0.1) is 4.92 Å². The van der Waals surface area contributed by atoms with E-state index in [9.17, 15) is 15.2 Å². The highest BCUT2D eigenvalue weighted by Crippen LogP contribution is 2.46. The van der Waals surface area contributed by atoms with Crippen LogP contribution in [0.4, 0.5) is 5.69 Å². The molecule has 0 fully saturated rings. The minimum absolute atomic E-state index is 0.00926. The summed E-state index contributed by atoms with van der Waals surface area (Å²) in [5, 5.41) is 19.7. The van der Waals surface area contributed by atoms with Crippen molar-refractivity contribution in [3.63, 3.8) is 0 Å². The number of nitro benzene ring substituents is 1. The summed E-state index contributed by atoms with van der Waals surface area (Å²) in [6.45, 7) is -0.103. The zero-order chi connectivity index (χ0) is 9.42. The van der Waals surface area contributed by atoms with E-state index in [0.717, 1.165) is 0 Å². The third-order valence-electron chi connectivity index (χ3n) is 1.67.